The lowest BCUT2D eigenvalue weighted by molar-refractivity contribution is 0.102. The van der Waals surface area contributed by atoms with Crippen LogP contribution in [0.4, 0.5) is 14.5 Å². The topological polar surface area (TPSA) is 55.1 Å². The number of nitrogens with one attached hydrogen (secondary N) is 1. The molecule has 0 aliphatic rings. The van der Waals surface area contributed by atoms with E-state index in [1.165, 1.54) is 24.3 Å². The van der Waals surface area contributed by atoms with Gasteiger partial charge in [0.25, 0.3) is 5.91 Å². The van der Waals surface area contributed by atoms with Gasteiger partial charge in [0.15, 0.2) is 0 Å². The van der Waals surface area contributed by atoms with E-state index >= 15 is 0 Å². The molecule has 0 bridgehead atoms. The van der Waals surface area contributed by atoms with E-state index in [2.05, 4.69) is 5.32 Å². The van der Waals surface area contributed by atoms with E-state index in [9.17, 15) is 13.6 Å². The van der Waals surface area contributed by atoms with Crippen LogP contribution in [0.1, 0.15) is 21.5 Å². The number of benzene rings is 2. The SMILES string of the molecule is Cc1ccc(C(=O)Nc2ccc(F)c(C(N)=S)c2)c(F)c1. The second kappa shape index (κ2) is 5.97. The highest BCUT2D eigenvalue weighted by Gasteiger charge is 2.13. The van der Waals surface area contributed by atoms with Gasteiger partial charge in [0.05, 0.1) is 5.56 Å². The van der Waals surface area contributed by atoms with Crippen LogP contribution in [-0.2, 0) is 0 Å². The van der Waals surface area contributed by atoms with Crippen molar-refractivity contribution in [2.75, 3.05) is 5.32 Å². The molecule has 6 heteroatoms. The van der Waals surface area contributed by atoms with Crippen LogP contribution in [0.3, 0.4) is 0 Å². The summed E-state index contributed by atoms with van der Waals surface area (Å²) in [7, 11) is 0. The Bertz CT molecular complexity index is 732. The number of carbonyl (C=O) groups is 1. The van der Waals surface area contributed by atoms with E-state index in [4.69, 9.17) is 18.0 Å². The maximum atomic E-state index is 13.7. The second-order valence-electron chi connectivity index (χ2n) is 4.50. The average Bonchev–Trinajstić information content (AvgIpc) is 2.40. The molecule has 0 spiro atoms. The number of hydrogen-bond donors (Lipinski definition) is 2. The number of nitrogens with two attached hydrogens (primary N) is 1. The lowest BCUT2D eigenvalue weighted by Crippen LogP contribution is -2.16. The summed E-state index contributed by atoms with van der Waals surface area (Å²) in [5.74, 6) is -1.83. The van der Waals surface area contributed by atoms with Crippen molar-refractivity contribution in [3.63, 3.8) is 0 Å². The van der Waals surface area contributed by atoms with Gasteiger partial charge in [-0.3, -0.25) is 4.79 Å². The Kier molecular flexibility index (Phi) is 4.28. The summed E-state index contributed by atoms with van der Waals surface area (Å²) in [6, 6.07) is 8.07. The van der Waals surface area contributed by atoms with Gasteiger partial charge in [0.1, 0.15) is 16.6 Å². The molecule has 3 N–H and O–H groups in total. The molecule has 0 unspecified atom stereocenters. The summed E-state index contributed by atoms with van der Waals surface area (Å²) in [5, 5.41) is 2.48. The number of rotatable bonds is 3. The number of hydrogen-bond acceptors (Lipinski definition) is 2. The van der Waals surface area contributed by atoms with E-state index < -0.39 is 17.5 Å². The average molecular weight is 306 g/mol. The predicted molar refractivity (Wildman–Crippen MR) is 81.4 cm³/mol. The zero-order valence-electron chi connectivity index (χ0n) is 11.1. The first kappa shape index (κ1) is 15.1. The van der Waals surface area contributed by atoms with Crippen LogP contribution in [0, 0.1) is 18.6 Å². The quantitative estimate of drug-likeness (QED) is 0.857. The van der Waals surface area contributed by atoms with Crippen LogP contribution in [0.2, 0.25) is 0 Å². The van der Waals surface area contributed by atoms with Crippen LogP contribution >= 0.6 is 12.2 Å². The Balaban J connectivity index is 2.27. The standard InChI is InChI=1S/C15H12F2N2OS/c1-8-2-4-10(13(17)6-8)15(20)19-9-3-5-12(16)11(7-9)14(18)21/h2-7H,1H3,(H2,18,21)(H,19,20). The van der Waals surface area contributed by atoms with Gasteiger partial charge in [-0.2, -0.15) is 0 Å². The Labute approximate surface area is 125 Å². The van der Waals surface area contributed by atoms with Crippen LogP contribution < -0.4 is 11.1 Å². The van der Waals surface area contributed by atoms with Gasteiger partial charge in [-0.1, -0.05) is 18.3 Å². The van der Waals surface area contributed by atoms with Gasteiger partial charge in [-0.05, 0) is 42.8 Å². The molecular formula is C15H12F2N2OS. The summed E-state index contributed by atoms with van der Waals surface area (Å²) in [6.45, 7) is 1.72. The van der Waals surface area contributed by atoms with Crippen molar-refractivity contribution in [2.24, 2.45) is 5.73 Å². The van der Waals surface area contributed by atoms with Crippen LogP contribution in [0.15, 0.2) is 36.4 Å². The lowest BCUT2D eigenvalue weighted by Gasteiger charge is -2.09. The van der Waals surface area contributed by atoms with Gasteiger partial charge < -0.3 is 11.1 Å². The summed E-state index contributed by atoms with van der Waals surface area (Å²) in [6.07, 6.45) is 0. The van der Waals surface area contributed by atoms with Gasteiger partial charge in [-0.25, -0.2) is 8.78 Å². The second-order valence-corrected chi connectivity index (χ2v) is 4.94. The highest BCUT2D eigenvalue weighted by atomic mass is 32.1. The molecule has 3 nitrogen and oxygen atoms in total. The molecule has 2 aromatic carbocycles. The third-order valence-corrected chi connectivity index (χ3v) is 3.08. The van der Waals surface area contributed by atoms with Crippen molar-refractivity contribution < 1.29 is 13.6 Å². The smallest absolute Gasteiger partial charge is 0.258 e. The van der Waals surface area contributed by atoms with Crippen LogP contribution in [0.25, 0.3) is 0 Å². The Morgan fingerprint density at radius 2 is 1.81 bits per heavy atom. The molecule has 1 amide bonds. The predicted octanol–water partition coefficient (Wildman–Crippen LogP) is 3.16. The minimum Gasteiger partial charge on any atom is -0.389 e. The van der Waals surface area contributed by atoms with Crippen LogP contribution in [-0.4, -0.2) is 10.9 Å². The minimum atomic E-state index is -0.631. The number of aryl methyl sites for hydroxylation is 1. The molecule has 0 saturated heterocycles. The largest absolute Gasteiger partial charge is 0.389 e. The van der Waals surface area contributed by atoms with Gasteiger partial charge >= 0.3 is 0 Å². The van der Waals surface area contributed by atoms with Crippen molar-refractivity contribution in [3.05, 3.63) is 64.7 Å². The third-order valence-electron chi connectivity index (χ3n) is 2.86. The fourth-order valence-corrected chi connectivity index (χ4v) is 1.95. The van der Waals surface area contributed by atoms with Crippen LogP contribution in [0.5, 0.6) is 0 Å². The Hall–Kier alpha value is -2.34. The molecule has 0 aromatic heterocycles. The van der Waals surface area contributed by atoms with Gasteiger partial charge in [0, 0.05) is 11.3 Å². The number of thiocarbonyl (C=S) groups is 1. The minimum absolute atomic E-state index is 0.0205. The van der Waals surface area contributed by atoms with E-state index in [0.717, 1.165) is 6.07 Å². The molecule has 0 aliphatic carbocycles. The van der Waals surface area contributed by atoms with E-state index in [1.54, 1.807) is 13.0 Å². The molecule has 108 valence electrons. The summed E-state index contributed by atoms with van der Waals surface area (Å²) < 4.78 is 27.2. The molecule has 0 radical (unpaired) electrons. The fourth-order valence-electron chi connectivity index (χ4n) is 1.79. The molecule has 0 saturated carbocycles. The molecule has 21 heavy (non-hydrogen) atoms. The zero-order valence-corrected chi connectivity index (χ0v) is 11.9. The summed E-state index contributed by atoms with van der Waals surface area (Å²) >= 11 is 4.72. The van der Waals surface area contributed by atoms with E-state index in [-0.39, 0.29) is 21.8 Å². The van der Waals surface area contributed by atoms with Crippen molar-refractivity contribution in [1.82, 2.24) is 0 Å². The molecule has 0 aliphatic heterocycles. The van der Waals surface area contributed by atoms with Gasteiger partial charge in [0.2, 0.25) is 0 Å². The number of carbonyl (C=O) groups excluding carboxylic acids is 1. The Morgan fingerprint density at radius 3 is 2.43 bits per heavy atom. The first-order valence-electron chi connectivity index (χ1n) is 6.05. The highest BCUT2D eigenvalue weighted by Crippen LogP contribution is 2.17. The molecule has 0 atom stereocenters. The third kappa shape index (κ3) is 3.41. The van der Waals surface area contributed by atoms with Crippen molar-refractivity contribution >= 4 is 28.8 Å². The first-order chi connectivity index (χ1) is 9.88. The number of anilines is 1. The maximum absolute atomic E-state index is 13.7. The normalized spacial score (nSPS) is 10.2. The molecular weight excluding hydrogens is 294 g/mol. The van der Waals surface area contributed by atoms with E-state index in [1.807, 2.05) is 0 Å². The monoisotopic (exact) mass is 306 g/mol. The first-order valence-corrected chi connectivity index (χ1v) is 6.46. The number of amides is 1. The summed E-state index contributed by atoms with van der Waals surface area (Å²) in [5.41, 5.74) is 6.30. The van der Waals surface area contributed by atoms with Gasteiger partial charge in [-0.15, -0.1) is 0 Å². The lowest BCUT2D eigenvalue weighted by atomic mass is 10.1. The summed E-state index contributed by atoms with van der Waals surface area (Å²) in [4.78, 5) is 11.9. The van der Waals surface area contributed by atoms with Crippen molar-refractivity contribution in [3.8, 4) is 0 Å². The van der Waals surface area contributed by atoms with E-state index in [0.29, 0.717) is 5.56 Å². The zero-order chi connectivity index (χ0) is 15.6. The Morgan fingerprint density at radius 1 is 1.10 bits per heavy atom. The molecule has 0 fully saturated rings. The molecule has 2 aromatic rings. The van der Waals surface area contributed by atoms with Crippen molar-refractivity contribution in [1.29, 1.82) is 0 Å². The number of halogens is 2. The highest BCUT2D eigenvalue weighted by molar-refractivity contribution is 7.80. The molecule has 0 heterocycles. The van der Waals surface area contributed by atoms with Crippen molar-refractivity contribution in [2.45, 2.75) is 6.92 Å². The fraction of sp³-hybridized carbons (Fsp3) is 0.0667. The maximum Gasteiger partial charge on any atom is 0.258 e. The molecule has 2 rings (SSSR count).